The highest BCUT2D eigenvalue weighted by Crippen LogP contribution is 2.32. The smallest absolute Gasteiger partial charge is 0.126 e. The molecule has 0 bridgehead atoms. The van der Waals surface area contributed by atoms with Gasteiger partial charge < -0.3 is 15.2 Å². The van der Waals surface area contributed by atoms with Crippen molar-refractivity contribution in [3.8, 4) is 5.75 Å². The zero-order valence-electron chi connectivity index (χ0n) is 12.8. The van der Waals surface area contributed by atoms with Crippen molar-refractivity contribution in [2.45, 2.75) is 40.2 Å². The maximum atomic E-state index is 9.20. The van der Waals surface area contributed by atoms with E-state index in [9.17, 15) is 5.11 Å². The summed E-state index contributed by atoms with van der Waals surface area (Å²) >= 11 is 0. The molecule has 1 unspecified atom stereocenters. The molecular formula is C16H27NO2. The Balaban J connectivity index is 3.10. The molecule has 0 aliphatic carbocycles. The van der Waals surface area contributed by atoms with Crippen molar-refractivity contribution in [1.29, 1.82) is 0 Å². The molecule has 0 fully saturated rings. The summed E-state index contributed by atoms with van der Waals surface area (Å²) in [6.45, 7) is 9.35. The van der Waals surface area contributed by atoms with Gasteiger partial charge in [0.1, 0.15) is 5.75 Å². The Morgan fingerprint density at radius 1 is 1.26 bits per heavy atom. The van der Waals surface area contributed by atoms with Crippen LogP contribution in [0.25, 0.3) is 0 Å². The highest BCUT2D eigenvalue weighted by Gasteiger charge is 2.17. The van der Waals surface area contributed by atoms with Crippen molar-refractivity contribution in [2.24, 2.45) is 5.92 Å². The minimum atomic E-state index is 0.130. The monoisotopic (exact) mass is 265 g/mol. The lowest BCUT2D eigenvalue weighted by molar-refractivity contribution is 0.252. The highest BCUT2D eigenvalue weighted by molar-refractivity contribution is 5.45. The standard InChI is InChI=1S/C16H27NO2/c1-11(2)10-19-16-13(4)8-12(3)9-14(16)15(17-5)6-7-18/h8-9,11,15,17-18H,6-7,10H2,1-5H3. The fraction of sp³-hybridized carbons (Fsp3) is 0.625. The molecule has 0 saturated heterocycles. The van der Waals surface area contributed by atoms with Crippen LogP contribution in [-0.2, 0) is 0 Å². The molecule has 1 aromatic rings. The first kappa shape index (κ1) is 16.0. The summed E-state index contributed by atoms with van der Waals surface area (Å²) in [5, 5.41) is 12.5. The number of aryl methyl sites for hydroxylation is 2. The third-order valence-corrected chi connectivity index (χ3v) is 3.15. The first-order chi connectivity index (χ1) is 8.99. The lowest BCUT2D eigenvalue weighted by Crippen LogP contribution is -2.20. The van der Waals surface area contributed by atoms with Crippen molar-refractivity contribution >= 4 is 0 Å². The van der Waals surface area contributed by atoms with Crippen molar-refractivity contribution < 1.29 is 9.84 Å². The number of benzene rings is 1. The Kier molecular flexibility index (Phi) is 6.32. The molecule has 108 valence electrons. The maximum Gasteiger partial charge on any atom is 0.126 e. The Morgan fingerprint density at radius 2 is 1.95 bits per heavy atom. The molecule has 3 nitrogen and oxygen atoms in total. The normalized spacial score (nSPS) is 12.8. The molecule has 0 heterocycles. The summed E-state index contributed by atoms with van der Waals surface area (Å²) in [6.07, 6.45) is 0.692. The molecule has 2 N–H and O–H groups in total. The van der Waals surface area contributed by atoms with Crippen LogP contribution in [0.5, 0.6) is 5.75 Å². The topological polar surface area (TPSA) is 41.5 Å². The van der Waals surface area contributed by atoms with Gasteiger partial charge in [0.2, 0.25) is 0 Å². The van der Waals surface area contributed by atoms with E-state index in [0.29, 0.717) is 18.9 Å². The van der Waals surface area contributed by atoms with Crippen molar-refractivity contribution in [1.82, 2.24) is 5.32 Å². The van der Waals surface area contributed by atoms with Gasteiger partial charge in [0, 0.05) is 18.2 Å². The fourth-order valence-electron chi connectivity index (χ4n) is 2.28. The largest absolute Gasteiger partial charge is 0.493 e. The molecule has 0 aromatic heterocycles. The summed E-state index contributed by atoms with van der Waals surface area (Å²) in [6, 6.07) is 4.43. The van der Waals surface area contributed by atoms with E-state index in [4.69, 9.17) is 4.74 Å². The molecule has 19 heavy (non-hydrogen) atoms. The van der Waals surface area contributed by atoms with E-state index >= 15 is 0 Å². The van der Waals surface area contributed by atoms with Gasteiger partial charge >= 0.3 is 0 Å². The Morgan fingerprint density at radius 3 is 2.47 bits per heavy atom. The van der Waals surface area contributed by atoms with E-state index in [1.807, 2.05) is 7.05 Å². The number of rotatable bonds is 7. The third-order valence-electron chi connectivity index (χ3n) is 3.15. The van der Waals surface area contributed by atoms with Gasteiger partial charge in [-0.15, -0.1) is 0 Å². The van der Waals surface area contributed by atoms with Gasteiger partial charge in [0.15, 0.2) is 0 Å². The molecule has 0 saturated carbocycles. The molecular weight excluding hydrogens is 238 g/mol. The van der Waals surface area contributed by atoms with Gasteiger partial charge in [-0.1, -0.05) is 31.5 Å². The van der Waals surface area contributed by atoms with Gasteiger partial charge in [0.05, 0.1) is 6.61 Å². The second-order valence-electron chi connectivity index (χ2n) is 5.56. The predicted octanol–water partition coefficient (Wildman–Crippen LogP) is 2.98. The highest BCUT2D eigenvalue weighted by atomic mass is 16.5. The number of aliphatic hydroxyl groups excluding tert-OH is 1. The molecule has 0 radical (unpaired) electrons. The SMILES string of the molecule is CNC(CCO)c1cc(C)cc(C)c1OCC(C)C. The summed E-state index contributed by atoms with van der Waals surface area (Å²) < 4.78 is 5.99. The van der Waals surface area contributed by atoms with E-state index in [0.717, 1.165) is 16.9 Å². The fourth-order valence-corrected chi connectivity index (χ4v) is 2.28. The first-order valence-electron chi connectivity index (χ1n) is 7.01. The average Bonchev–Trinajstić information content (AvgIpc) is 2.33. The third kappa shape index (κ3) is 4.51. The Bertz CT molecular complexity index is 402. The van der Waals surface area contributed by atoms with Crippen LogP contribution in [0.1, 0.15) is 43.0 Å². The van der Waals surface area contributed by atoms with Crippen LogP contribution in [0.15, 0.2) is 12.1 Å². The summed E-state index contributed by atoms with van der Waals surface area (Å²) in [5.41, 5.74) is 3.53. The van der Waals surface area contributed by atoms with E-state index in [1.165, 1.54) is 5.56 Å². The first-order valence-corrected chi connectivity index (χ1v) is 7.01. The van der Waals surface area contributed by atoms with Gasteiger partial charge in [-0.3, -0.25) is 0 Å². The van der Waals surface area contributed by atoms with Crippen molar-refractivity contribution in [3.63, 3.8) is 0 Å². The lowest BCUT2D eigenvalue weighted by Gasteiger charge is -2.22. The second-order valence-corrected chi connectivity index (χ2v) is 5.56. The zero-order chi connectivity index (χ0) is 14.4. The van der Waals surface area contributed by atoms with Gasteiger partial charge in [0.25, 0.3) is 0 Å². The van der Waals surface area contributed by atoms with Crippen molar-refractivity contribution in [3.05, 3.63) is 28.8 Å². The van der Waals surface area contributed by atoms with Crippen LogP contribution < -0.4 is 10.1 Å². The van der Waals surface area contributed by atoms with Crippen LogP contribution in [0, 0.1) is 19.8 Å². The van der Waals surface area contributed by atoms with Gasteiger partial charge in [-0.25, -0.2) is 0 Å². The summed E-state index contributed by atoms with van der Waals surface area (Å²) in [4.78, 5) is 0. The number of hydrogen-bond acceptors (Lipinski definition) is 3. The lowest BCUT2D eigenvalue weighted by atomic mass is 9.97. The van der Waals surface area contributed by atoms with E-state index in [1.54, 1.807) is 0 Å². The number of ether oxygens (including phenoxy) is 1. The minimum absolute atomic E-state index is 0.130. The van der Waals surface area contributed by atoms with Crippen LogP contribution >= 0.6 is 0 Å². The average molecular weight is 265 g/mol. The Labute approximate surface area is 117 Å². The number of hydrogen-bond donors (Lipinski definition) is 2. The second kappa shape index (κ2) is 7.51. The molecule has 0 aliphatic rings. The number of aliphatic hydroxyl groups is 1. The molecule has 1 aromatic carbocycles. The van der Waals surface area contributed by atoms with E-state index in [2.05, 4.69) is 45.1 Å². The molecule has 0 spiro atoms. The maximum absolute atomic E-state index is 9.20. The van der Waals surface area contributed by atoms with Gasteiger partial charge in [-0.05, 0) is 38.8 Å². The van der Waals surface area contributed by atoms with E-state index in [-0.39, 0.29) is 12.6 Å². The molecule has 0 amide bonds. The van der Waals surface area contributed by atoms with Crippen molar-refractivity contribution in [2.75, 3.05) is 20.3 Å². The Hall–Kier alpha value is -1.06. The number of nitrogens with one attached hydrogen (secondary N) is 1. The molecule has 1 atom stereocenters. The van der Waals surface area contributed by atoms with Crippen LogP contribution in [0.3, 0.4) is 0 Å². The molecule has 1 rings (SSSR count). The summed E-state index contributed by atoms with van der Waals surface area (Å²) in [7, 11) is 1.92. The molecule has 3 heteroatoms. The van der Waals surface area contributed by atoms with Crippen LogP contribution in [0.4, 0.5) is 0 Å². The van der Waals surface area contributed by atoms with E-state index < -0.39 is 0 Å². The predicted molar refractivity (Wildman–Crippen MR) is 79.8 cm³/mol. The van der Waals surface area contributed by atoms with Gasteiger partial charge in [-0.2, -0.15) is 0 Å². The van der Waals surface area contributed by atoms with Crippen LogP contribution in [0.2, 0.25) is 0 Å². The van der Waals surface area contributed by atoms with Crippen LogP contribution in [-0.4, -0.2) is 25.4 Å². The minimum Gasteiger partial charge on any atom is -0.493 e. The zero-order valence-corrected chi connectivity index (χ0v) is 12.8. The summed E-state index contributed by atoms with van der Waals surface area (Å²) in [5.74, 6) is 1.46. The quantitative estimate of drug-likeness (QED) is 0.796. The molecule has 0 aliphatic heterocycles.